The van der Waals surface area contributed by atoms with Gasteiger partial charge in [0.2, 0.25) is 5.91 Å². The summed E-state index contributed by atoms with van der Waals surface area (Å²) in [5.74, 6) is -0.281. The van der Waals surface area contributed by atoms with E-state index in [1.165, 1.54) is 0 Å². The van der Waals surface area contributed by atoms with Gasteiger partial charge in [-0.2, -0.15) is 0 Å². The summed E-state index contributed by atoms with van der Waals surface area (Å²) in [5.41, 5.74) is 12.7. The Morgan fingerprint density at radius 3 is 2.32 bits per heavy atom. The molecule has 1 atom stereocenters. The minimum atomic E-state index is -0.836. The summed E-state index contributed by atoms with van der Waals surface area (Å²) in [6.07, 6.45) is 0.106. The number of carbonyl (C=O) groups excluding carboxylic acids is 2. The van der Waals surface area contributed by atoms with Crippen LogP contribution in [0.15, 0.2) is 42.5 Å². The van der Waals surface area contributed by atoms with Crippen molar-refractivity contribution in [2.75, 3.05) is 20.8 Å². The molecule has 0 saturated carbocycles. The normalized spacial score (nSPS) is 13.0. The van der Waals surface area contributed by atoms with Crippen molar-refractivity contribution < 1.29 is 29.0 Å². The molecular weight excluding hydrogens is 402 g/mol. The Morgan fingerprint density at radius 2 is 1.81 bits per heavy atom. The number of rotatable bonds is 8. The number of benzene rings is 2. The summed E-state index contributed by atoms with van der Waals surface area (Å²) < 4.78 is 10.6. The van der Waals surface area contributed by atoms with Crippen LogP contribution < -0.4 is 20.9 Å². The van der Waals surface area contributed by atoms with Gasteiger partial charge >= 0.3 is 5.97 Å². The third-order valence-electron chi connectivity index (χ3n) is 4.77. The fourth-order valence-electron chi connectivity index (χ4n) is 3.31. The lowest BCUT2D eigenvalue weighted by atomic mass is 10.0. The number of hydrogen-bond donors (Lipinski definition) is 3. The van der Waals surface area contributed by atoms with Gasteiger partial charge in [-0.1, -0.05) is 24.3 Å². The molecule has 1 unspecified atom stereocenters. The van der Waals surface area contributed by atoms with Gasteiger partial charge in [-0.3, -0.25) is 14.4 Å². The number of nitrogens with zero attached hydrogens (tertiary/aromatic N) is 1. The second-order valence-electron chi connectivity index (χ2n) is 6.82. The van der Waals surface area contributed by atoms with Crippen molar-refractivity contribution in [2.24, 2.45) is 11.5 Å². The molecule has 1 aliphatic heterocycles. The van der Waals surface area contributed by atoms with Crippen molar-refractivity contribution >= 4 is 17.8 Å². The maximum absolute atomic E-state index is 12.8. The molecule has 0 saturated heterocycles. The van der Waals surface area contributed by atoms with Crippen LogP contribution in [0.2, 0.25) is 0 Å². The Kier molecular flexibility index (Phi) is 8.39. The highest BCUT2D eigenvalue weighted by Crippen LogP contribution is 2.37. The predicted octanol–water partition coefficient (Wildman–Crippen LogP) is 1.70. The van der Waals surface area contributed by atoms with E-state index in [2.05, 4.69) is 0 Å². The van der Waals surface area contributed by atoms with Gasteiger partial charge in [-0.25, -0.2) is 0 Å². The predicted molar refractivity (Wildman–Crippen MR) is 114 cm³/mol. The number of hydrogen-bond acceptors (Lipinski definition) is 6. The molecule has 0 aliphatic carbocycles. The molecule has 0 bridgehead atoms. The minimum Gasteiger partial charge on any atom is -0.493 e. The number of aliphatic carboxylic acids is 1. The lowest BCUT2D eigenvalue weighted by Crippen LogP contribution is -2.32. The van der Waals surface area contributed by atoms with E-state index in [1.807, 2.05) is 24.3 Å². The lowest BCUT2D eigenvalue weighted by Gasteiger charge is -2.28. The molecule has 2 aromatic carbocycles. The Bertz CT molecular complexity index is 947. The van der Waals surface area contributed by atoms with E-state index in [0.29, 0.717) is 23.6 Å². The number of amides is 2. The molecule has 166 valence electrons. The third-order valence-corrected chi connectivity index (χ3v) is 4.77. The van der Waals surface area contributed by atoms with Crippen molar-refractivity contribution in [3.63, 3.8) is 0 Å². The van der Waals surface area contributed by atoms with Gasteiger partial charge in [0, 0.05) is 18.7 Å². The van der Waals surface area contributed by atoms with Crippen LogP contribution in [0, 0.1) is 0 Å². The van der Waals surface area contributed by atoms with Gasteiger partial charge < -0.3 is 30.9 Å². The van der Waals surface area contributed by atoms with E-state index in [9.17, 15) is 14.4 Å². The number of carboxylic acids is 1. The summed E-state index contributed by atoms with van der Waals surface area (Å²) in [6.45, 7) is 0.677. The van der Waals surface area contributed by atoms with Crippen LogP contribution in [0.5, 0.6) is 11.5 Å². The van der Waals surface area contributed by atoms with Gasteiger partial charge in [0.25, 0.3) is 5.91 Å². The summed E-state index contributed by atoms with van der Waals surface area (Å²) in [4.78, 5) is 35.6. The van der Waals surface area contributed by atoms with Crippen LogP contribution in [0.3, 0.4) is 0 Å². The highest BCUT2D eigenvalue weighted by atomic mass is 16.5. The number of methoxy groups -OCH3 is 2. The lowest BCUT2D eigenvalue weighted by molar-refractivity contribution is -0.136. The molecule has 5 N–H and O–H groups in total. The first-order valence-corrected chi connectivity index (χ1v) is 9.63. The van der Waals surface area contributed by atoms with Gasteiger partial charge in [-0.05, 0) is 29.3 Å². The maximum Gasteiger partial charge on any atom is 0.304 e. The first kappa shape index (κ1) is 23.7. The van der Waals surface area contributed by atoms with E-state index in [4.69, 9.17) is 26.0 Å². The fraction of sp³-hybridized carbons (Fsp3) is 0.318. The highest BCUT2D eigenvalue weighted by Gasteiger charge is 2.34. The molecule has 0 radical (unpaired) electrons. The fourth-order valence-corrected chi connectivity index (χ4v) is 3.31. The van der Waals surface area contributed by atoms with Crippen molar-refractivity contribution in [3.8, 4) is 11.5 Å². The SMILES string of the molecule is COc1ccc(C(CC(N)=O)N2Cc3ccccc3C2=O)cc1OC.NCCC(=O)O. The Hall–Kier alpha value is -3.59. The van der Waals surface area contributed by atoms with Crippen LogP contribution in [-0.2, 0) is 16.1 Å². The first-order valence-electron chi connectivity index (χ1n) is 9.63. The summed E-state index contributed by atoms with van der Waals surface area (Å²) in [7, 11) is 3.10. The zero-order chi connectivity index (χ0) is 23.0. The largest absolute Gasteiger partial charge is 0.493 e. The summed E-state index contributed by atoms with van der Waals surface area (Å²) in [6, 6.07) is 12.4. The standard InChI is InChI=1S/C19H20N2O4.C3H7NO2/c1-24-16-8-7-12(9-17(16)25-2)15(10-18(20)22)21-11-13-5-3-4-6-14(13)19(21)23;4-2-1-3(5)6/h3-9,15H,10-11H2,1-2H3,(H2,20,22);1-2,4H2,(H,5,6). The molecule has 0 fully saturated rings. The Morgan fingerprint density at radius 1 is 1.13 bits per heavy atom. The number of nitrogens with two attached hydrogens (primary N) is 2. The van der Waals surface area contributed by atoms with Crippen molar-refractivity contribution in [1.82, 2.24) is 4.90 Å². The molecule has 2 amide bonds. The number of carboxylic acid groups (broad SMARTS) is 1. The first-order chi connectivity index (χ1) is 14.8. The van der Waals surface area contributed by atoms with E-state index >= 15 is 0 Å². The molecule has 3 rings (SSSR count). The van der Waals surface area contributed by atoms with E-state index in [-0.39, 0.29) is 25.3 Å². The topological polar surface area (TPSA) is 145 Å². The Balaban J connectivity index is 0.000000501. The van der Waals surface area contributed by atoms with Crippen molar-refractivity contribution in [3.05, 3.63) is 59.2 Å². The van der Waals surface area contributed by atoms with Crippen molar-refractivity contribution in [2.45, 2.75) is 25.4 Å². The smallest absolute Gasteiger partial charge is 0.304 e. The molecule has 0 aromatic heterocycles. The number of carbonyl (C=O) groups is 3. The molecular formula is C22H27N3O6. The van der Waals surface area contributed by atoms with E-state index in [0.717, 1.165) is 11.1 Å². The number of ether oxygens (including phenoxy) is 2. The minimum absolute atomic E-state index is 0.0369. The monoisotopic (exact) mass is 429 g/mol. The molecule has 9 nitrogen and oxygen atoms in total. The van der Waals surface area contributed by atoms with E-state index in [1.54, 1.807) is 37.3 Å². The number of fused-ring (bicyclic) bond motifs is 1. The Labute approximate surface area is 180 Å². The van der Waals surface area contributed by atoms with Crippen molar-refractivity contribution in [1.29, 1.82) is 0 Å². The maximum atomic E-state index is 12.8. The second kappa shape index (κ2) is 11.0. The molecule has 0 spiro atoms. The average Bonchev–Trinajstić information content (AvgIpc) is 3.08. The van der Waals surface area contributed by atoms with Crippen LogP contribution >= 0.6 is 0 Å². The second-order valence-corrected chi connectivity index (χ2v) is 6.82. The van der Waals surface area contributed by atoms with Gasteiger partial charge in [0.15, 0.2) is 11.5 Å². The van der Waals surface area contributed by atoms with Crippen LogP contribution in [0.4, 0.5) is 0 Å². The highest BCUT2D eigenvalue weighted by molar-refractivity contribution is 5.98. The summed E-state index contributed by atoms with van der Waals surface area (Å²) >= 11 is 0. The molecule has 31 heavy (non-hydrogen) atoms. The third kappa shape index (κ3) is 5.95. The molecule has 1 aliphatic rings. The van der Waals surface area contributed by atoms with Gasteiger partial charge in [0.05, 0.1) is 33.1 Å². The van der Waals surface area contributed by atoms with Crippen LogP contribution in [0.25, 0.3) is 0 Å². The van der Waals surface area contributed by atoms with Crippen LogP contribution in [0.1, 0.15) is 40.4 Å². The zero-order valence-corrected chi connectivity index (χ0v) is 17.5. The molecule has 2 aromatic rings. The summed E-state index contributed by atoms with van der Waals surface area (Å²) in [5, 5.41) is 7.83. The van der Waals surface area contributed by atoms with E-state index < -0.39 is 17.9 Å². The van der Waals surface area contributed by atoms with Gasteiger partial charge in [-0.15, -0.1) is 0 Å². The number of primary amides is 1. The molecule has 1 heterocycles. The average molecular weight is 429 g/mol. The quantitative estimate of drug-likeness (QED) is 0.579. The van der Waals surface area contributed by atoms with Gasteiger partial charge in [0.1, 0.15) is 0 Å². The molecule has 9 heteroatoms. The van der Waals surface area contributed by atoms with Crippen LogP contribution in [-0.4, -0.2) is 48.6 Å². The zero-order valence-electron chi connectivity index (χ0n) is 17.5.